The lowest BCUT2D eigenvalue weighted by atomic mass is 10.3. The Bertz CT molecular complexity index is 955. The maximum Gasteiger partial charge on any atom is 0.264 e. The van der Waals surface area contributed by atoms with Crippen molar-refractivity contribution in [2.75, 3.05) is 4.72 Å². The average molecular weight is 345 g/mol. The summed E-state index contributed by atoms with van der Waals surface area (Å²) >= 11 is 0. The molecular weight excluding hydrogens is 330 g/mol. The molecule has 0 aliphatic carbocycles. The van der Waals surface area contributed by atoms with Crippen molar-refractivity contribution in [3.63, 3.8) is 0 Å². The number of sulfonamides is 1. The molecule has 1 aromatic carbocycles. The molecule has 0 amide bonds. The second-order valence-electron chi connectivity index (χ2n) is 5.10. The van der Waals surface area contributed by atoms with Crippen molar-refractivity contribution >= 4 is 27.8 Å². The van der Waals surface area contributed by atoms with E-state index in [-0.39, 0.29) is 10.8 Å². The molecule has 0 unspecified atom stereocenters. The number of rotatable bonds is 5. The molecule has 0 saturated heterocycles. The first-order valence-corrected chi connectivity index (χ1v) is 8.57. The quantitative estimate of drug-likeness (QED) is 0.714. The Hall–Kier alpha value is -2.87. The first kappa shape index (κ1) is 16.0. The predicted octanol–water partition coefficient (Wildman–Crippen LogP) is 3.44. The van der Waals surface area contributed by atoms with Gasteiger partial charge in [0.15, 0.2) is 0 Å². The number of hydrogen-bond donors (Lipinski definition) is 1. The van der Waals surface area contributed by atoms with Crippen LogP contribution in [0.4, 0.5) is 11.6 Å². The molecule has 1 N–H and O–H groups in total. The zero-order valence-electron chi connectivity index (χ0n) is 13.1. The SMILES string of the molecule is Cc1noc(NS(=O)(=O)c2ccc(N=Cc3ccco3)cc2)c1C. The molecule has 0 radical (unpaired) electrons. The molecule has 0 saturated carbocycles. The maximum absolute atomic E-state index is 12.4. The van der Waals surface area contributed by atoms with Crippen LogP contribution in [0.25, 0.3) is 0 Å². The van der Waals surface area contributed by atoms with Crippen LogP contribution < -0.4 is 4.72 Å². The van der Waals surface area contributed by atoms with Crippen molar-refractivity contribution in [2.45, 2.75) is 18.7 Å². The van der Waals surface area contributed by atoms with E-state index in [4.69, 9.17) is 8.94 Å². The topological polar surface area (TPSA) is 97.7 Å². The highest BCUT2D eigenvalue weighted by Gasteiger charge is 2.18. The molecule has 0 bridgehead atoms. The van der Waals surface area contributed by atoms with Crippen LogP contribution in [0, 0.1) is 13.8 Å². The maximum atomic E-state index is 12.4. The fourth-order valence-corrected chi connectivity index (χ4v) is 2.95. The lowest BCUT2D eigenvalue weighted by Crippen LogP contribution is -2.12. The van der Waals surface area contributed by atoms with E-state index in [0.29, 0.717) is 22.7 Å². The summed E-state index contributed by atoms with van der Waals surface area (Å²) in [6.45, 7) is 3.47. The van der Waals surface area contributed by atoms with E-state index in [0.717, 1.165) is 0 Å². The standard InChI is InChI=1S/C16H15N3O4S/c1-11-12(2)18-23-16(11)19-24(20,21)15-7-5-13(6-8-15)17-10-14-4-3-9-22-14/h3-10,19H,1-2H3. The molecule has 7 nitrogen and oxygen atoms in total. The first-order chi connectivity index (χ1) is 11.5. The van der Waals surface area contributed by atoms with E-state index in [1.807, 2.05) is 0 Å². The van der Waals surface area contributed by atoms with Crippen LogP contribution in [0.1, 0.15) is 17.0 Å². The van der Waals surface area contributed by atoms with Gasteiger partial charge in [-0.2, -0.15) is 0 Å². The lowest BCUT2D eigenvalue weighted by molar-refractivity contribution is 0.430. The highest BCUT2D eigenvalue weighted by Crippen LogP contribution is 2.23. The van der Waals surface area contributed by atoms with Crippen LogP contribution in [0.5, 0.6) is 0 Å². The third-order valence-corrected chi connectivity index (χ3v) is 4.76. The summed E-state index contributed by atoms with van der Waals surface area (Å²) < 4.78 is 37.2. The Morgan fingerprint density at radius 2 is 1.92 bits per heavy atom. The van der Waals surface area contributed by atoms with E-state index in [1.54, 1.807) is 50.6 Å². The highest BCUT2D eigenvalue weighted by atomic mass is 32.2. The summed E-state index contributed by atoms with van der Waals surface area (Å²) in [6.07, 6.45) is 3.11. The molecule has 2 aromatic heterocycles. The van der Waals surface area contributed by atoms with Gasteiger partial charge in [0.05, 0.1) is 28.8 Å². The van der Waals surface area contributed by atoms with Gasteiger partial charge in [-0.1, -0.05) is 5.16 Å². The third kappa shape index (κ3) is 3.38. The zero-order valence-corrected chi connectivity index (χ0v) is 13.9. The van der Waals surface area contributed by atoms with Gasteiger partial charge >= 0.3 is 0 Å². The molecule has 24 heavy (non-hydrogen) atoms. The van der Waals surface area contributed by atoms with Gasteiger partial charge in [0.2, 0.25) is 5.88 Å². The number of furan rings is 1. The van der Waals surface area contributed by atoms with Gasteiger partial charge in [0, 0.05) is 5.56 Å². The molecule has 0 fully saturated rings. The van der Waals surface area contributed by atoms with E-state index in [9.17, 15) is 8.42 Å². The Morgan fingerprint density at radius 1 is 1.17 bits per heavy atom. The summed E-state index contributed by atoms with van der Waals surface area (Å²) in [6, 6.07) is 9.67. The number of nitrogens with zero attached hydrogens (tertiary/aromatic N) is 2. The Morgan fingerprint density at radius 3 is 2.50 bits per heavy atom. The molecule has 0 aliphatic rings. The summed E-state index contributed by atoms with van der Waals surface area (Å²) in [4.78, 5) is 4.32. The minimum absolute atomic E-state index is 0.105. The van der Waals surface area contributed by atoms with Gasteiger partial charge in [-0.05, 0) is 50.2 Å². The second-order valence-corrected chi connectivity index (χ2v) is 6.78. The average Bonchev–Trinajstić information content (AvgIpc) is 3.19. The van der Waals surface area contributed by atoms with E-state index < -0.39 is 10.0 Å². The summed E-state index contributed by atoms with van der Waals surface area (Å²) in [7, 11) is -3.75. The third-order valence-electron chi connectivity index (χ3n) is 3.42. The van der Waals surface area contributed by atoms with Crippen molar-refractivity contribution in [1.82, 2.24) is 5.16 Å². The normalized spacial score (nSPS) is 11.9. The van der Waals surface area contributed by atoms with Crippen LogP contribution in [-0.2, 0) is 10.0 Å². The number of anilines is 1. The number of aliphatic imine (C=N–C) groups is 1. The van der Waals surface area contributed by atoms with Gasteiger partial charge in [-0.15, -0.1) is 0 Å². The molecular formula is C16H15N3O4S. The van der Waals surface area contributed by atoms with Crippen LogP contribution in [0.3, 0.4) is 0 Å². The van der Waals surface area contributed by atoms with Gasteiger partial charge in [-0.3, -0.25) is 4.99 Å². The summed E-state index contributed by atoms with van der Waals surface area (Å²) in [5.74, 6) is 0.733. The van der Waals surface area contributed by atoms with Gasteiger partial charge in [0.25, 0.3) is 10.0 Å². The molecule has 8 heteroatoms. The molecule has 2 heterocycles. The Balaban J connectivity index is 1.78. The molecule has 0 atom stereocenters. The molecule has 0 spiro atoms. The monoisotopic (exact) mass is 345 g/mol. The summed E-state index contributed by atoms with van der Waals surface area (Å²) in [5.41, 5.74) is 1.89. The highest BCUT2D eigenvalue weighted by molar-refractivity contribution is 7.92. The van der Waals surface area contributed by atoms with Crippen LogP contribution in [0.2, 0.25) is 0 Å². The van der Waals surface area contributed by atoms with Crippen LogP contribution in [0.15, 0.2) is 61.5 Å². The largest absolute Gasteiger partial charge is 0.463 e. The van der Waals surface area contributed by atoms with Crippen molar-refractivity contribution in [3.8, 4) is 0 Å². The number of aromatic nitrogens is 1. The van der Waals surface area contributed by atoms with Gasteiger partial charge < -0.3 is 8.94 Å². The number of benzene rings is 1. The minimum atomic E-state index is -3.75. The zero-order chi connectivity index (χ0) is 17.2. The van der Waals surface area contributed by atoms with Gasteiger partial charge in [0.1, 0.15) is 5.76 Å². The van der Waals surface area contributed by atoms with E-state index in [1.165, 1.54) is 12.1 Å². The number of hydrogen-bond acceptors (Lipinski definition) is 6. The first-order valence-electron chi connectivity index (χ1n) is 7.09. The van der Waals surface area contributed by atoms with Crippen molar-refractivity contribution in [2.24, 2.45) is 4.99 Å². The second kappa shape index (κ2) is 6.32. The Kier molecular flexibility index (Phi) is 4.22. The smallest absolute Gasteiger partial charge is 0.264 e. The van der Waals surface area contributed by atoms with Gasteiger partial charge in [-0.25, -0.2) is 13.1 Å². The molecule has 124 valence electrons. The predicted molar refractivity (Wildman–Crippen MR) is 89.2 cm³/mol. The number of nitrogens with one attached hydrogen (secondary N) is 1. The lowest BCUT2D eigenvalue weighted by Gasteiger charge is -2.05. The minimum Gasteiger partial charge on any atom is -0.463 e. The van der Waals surface area contributed by atoms with Crippen LogP contribution >= 0.6 is 0 Å². The van der Waals surface area contributed by atoms with Crippen molar-refractivity contribution in [1.29, 1.82) is 0 Å². The molecule has 3 aromatic rings. The van der Waals surface area contributed by atoms with Crippen LogP contribution in [-0.4, -0.2) is 19.8 Å². The van der Waals surface area contributed by atoms with Crippen molar-refractivity contribution in [3.05, 3.63) is 59.7 Å². The van der Waals surface area contributed by atoms with E-state index in [2.05, 4.69) is 14.9 Å². The number of aryl methyl sites for hydroxylation is 1. The molecule has 3 rings (SSSR count). The molecule has 0 aliphatic heterocycles. The Labute approximate surface area is 139 Å². The summed E-state index contributed by atoms with van der Waals surface area (Å²) in [5, 5.41) is 3.73. The fourth-order valence-electron chi connectivity index (χ4n) is 1.91. The van der Waals surface area contributed by atoms with E-state index >= 15 is 0 Å². The fraction of sp³-hybridized carbons (Fsp3) is 0.125. The van der Waals surface area contributed by atoms with Crippen molar-refractivity contribution < 1.29 is 17.4 Å².